The molecule has 3 aliphatic heterocycles. The first-order valence-corrected chi connectivity index (χ1v) is 22.1. The monoisotopic (exact) mass is 892 g/mol. The maximum absolute atomic E-state index is 14.3. The van der Waals surface area contributed by atoms with Gasteiger partial charge in [0.05, 0.1) is 55.8 Å². The molecule has 66 heavy (non-hydrogen) atoms. The number of nitrogens with zero attached hydrogens (tertiary/aromatic N) is 4. The first-order chi connectivity index (χ1) is 32.0. The van der Waals surface area contributed by atoms with Gasteiger partial charge in [0.1, 0.15) is 36.1 Å². The number of H-pyrrole nitrogens is 2. The van der Waals surface area contributed by atoms with Crippen LogP contribution in [0.25, 0.3) is 44.2 Å². The number of aromatic amines is 2. The second-order valence-corrected chi connectivity index (χ2v) is 17.3. The highest BCUT2D eigenvalue weighted by atomic mass is 16.5. The van der Waals surface area contributed by atoms with Gasteiger partial charge in [-0.05, 0) is 85.0 Å². The van der Waals surface area contributed by atoms with E-state index in [1.54, 1.807) is 42.2 Å². The Morgan fingerprint density at radius 2 is 1.70 bits per heavy atom. The fourth-order valence-electron chi connectivity index (χ4n) is 9.81. The Labute approximate surface area is 381 Å². The van der Waals surface area contributed by atoms with Gasteiger partial charge in [0.15, 0.2) is 0 Å². The van der Waals surface area contributed by atoms with Gasteiger partial charge < -0.3 is 49.3 Å². The van der Waals surface area contributed by atoms with Gasteiger partial charge in [0, 0.05) is 42.5 Å². The quantitative estimate of drug-likeness (QED) is 0.0957. The molecule has 2 saturated heterocycles. The van der Waals surface area contributed by atoms with Crippen molar-refractivity contribution in [2.75, 3.05) is 34.5 Å². The van der Waals surface area contributed by atoms with Crippen LogP contribution in [0.5, 0.6) is 5.75 Å². The van der Waals surface area contributed by atoms with Crippen molar-refractivity contribution in [2.45, 2.75) is 69.9 Å². The number of alkyl carbamates (subject to hydrolysis) is 2. The van der Waals surface area contributed by atoms with Crippen molar-refractivity contribution in [1.29, 1.82) is 0 Å². The topological polar surface area (TPSA) is 193 Å². The highest BCUT2D eigenvalue weighted by Gasteiger charge is 2.43. The maximum Gasteiger partial charge on any atom is 0.407 e. The van der Waals surface area contributed by atoms with Gasteiger partial charge in [-0.15, -0.1) is 12.3 Å². The third-order valence-corrected chi connectivity index (χ3v) is 13.2. The summed E-state index contributed by atoms with van der Waals surface area (Å²) in [5, 5.41) is 7.28. The number of rotatable bonds is 11. The number of hydrogen-bond acceptors (Lipinski definition) is 10. The number of likely N-dealkylation sites (tertiary alicyclic amines) is 2. The summed E-state index contributed by atoms with van der Waals surface area (Å²) in [4.78, 5) is 73.5. The van der Waals surface area contributed by atoms with E-state index in [-0.39, 0.29) is 35.9 Å². The summed E-state index contributed by atoms with van der Waals surface area (Å²) in [6.45, 7) is 4.96. The predicted octanol–water partition coefficient (Wildman–Crippen LogP) is 7.34. The van der Waals surface area contributed by atoms with Crippen molar-refractivity contribution in [3.63, 3.8) is 0 Å². The number of imidazole rings is 2. The van der Waals surface area contributed by atoms with E-state index in [4.69, 9.17) is 35.3 Å². The zero-order chi connectivity index (χ0) is 46.2. The Morgan fingerprint density at radius 3 is 2.45 bits per heavy atom. The number of benzene rings is 4. The molecule has 16 heteroatoms. The molecule has 1 unspecified atom stereocenters. The van der Waals surface area contributed by atoms with Crippen LogP contribution in [0.2, 0.25) is 0 Å². The molecule has 7 atom stereocenters. The first kappa shape index (κ1) is 43.9. The van der Waals surface area contributed by atoms with Gasteiger partial charge in [0.25, 0.3) is 5.91 Å². The molecule has 0 aliphatic carbocycles. The molecule has 2 aromatic heterocycles. The molecule has 16 nitrogen and oxygen atoms in total. The summed E-state index contributed by atoms with van der Waals surface area (Å²) < 4.78 is 21.7. The van der Waals surface area contributed by atoms with Crippen LogP contribution in [0.3, 0.4) is 0 Å². The highest BCUT2D eigenvalue weighted by molar-refractivity contribution is 6.07. The lowest BCUT2D eigenvalue weighted by molar-refractivity contribution is -0.137. The average Bonchev–Trinajstić information content (AvgIpc) is 4.17. The number of carbonyl (C=O) groups is 4. The third-order valence-electron chi connectivity index (χ3n) is 13.2. The average molecular weight is 893 g/mol. The van der Waals surface area contributed by atoms with Crippen LogP contribution in [-0.4, -0.2) is 100 Å². The molecule has 4 amide bonds. The molecule has 0 radical (unpaired) electrons. The zero-order valence-corrected chi connectivity index (χ0v) is 37.4. The molecule has 0 saturated carbocycles. The van der Waals surface area contributed by atoms with E-state index in [1.807, 2.05) is 37.3 Å². The van der Waals surface area contributed by atoms with Crippen molar-refractivity contribution in [1.82, 2.24) is 40.4 Å². The van der Waals surface area contributed by atoms with Crippen LogP contribution in [0.15, 0.2) is 79.0 Å². The minimum Gasteiger partial charge on any atom is -0.488 e. The van der Waals surface area contributed by atoms with E-state index in [0.29, 0.717) is 49.8 Å². The second kappa shape index (κ2) is 18.2. The van der Waals surface area contributed by atoms with Crippen molar-refractivity contribution in [3.05, 3.63) is 102 Å². The van der Waals surface area contributed by atoms with E-state index in [0.717, 1.165) is 61.9 Å². The van der Waals surface area contributed by atoms with Gasteiger partial charge in [-0.2, -0.15) is 0 Å². The Balaban J connectivity index is 0.975. The lowest BCUT2D eigenvalue weighted by Crippen LogP contribution is -2.53. The fraction of sp³-hybridized carbons (Fsp3) is 0.360. The number of ether oxygens (including phenoxy) is 4. The summed E-state index contributed by atoms with van der Waals surface area (Å²) in [6.07, 6.45) is 8.17. The number of amides is 4. The van der Waals surface area contributed by atoms with Crippen LogP contribution >= 0.6 is 0 Å². The summed E-state index contributed by atoms with van der Waals surface area (Å²) in [7, 11) is 4.17. The summed E-state index contributed by atoms with van der Waals surface area (Å²) in [6, 6.07) is 20.9. The molecule has 4 N–H and O–H groups in total. The zero-order valence-electron chi connectivity index (χ0n) is 37.4. The van der Waals surface area contributed by atoms with Gasteiger partial charge in [0.2, 0.25) is 5.91 Å². The van der Waals surface area contributed by atoms with E-state index in [2.05, 4.69) is 56.9 Å². The molecule has 6 aromatic rings. The van der Waals surface area contributed by atoms with E-state index in [1.165, 1.54) is 14.2 Å². The fourth-order valence-corrected chi connectivity index (χ4v) is 9.81. The summed E-state index contributed by atoms with van der Waals surface area (Å²) in [5.41, 5.74) is 6.97. The standard InChI is InChI=1S/C50H52N8O8/c1-7-27(2)42(55-49(61)64-5)48(60)58-28(3)13-18-39(58)46-52-37-17-15-31-21-36-34-16-14-32(20-33(34)26-66-41(36)22-35(31)44(37)54-46)38-23-51-45(53-38)40-19-29(25-63-4)24-57(40)47(59)43(56-50(62)65-6)30-11-9-8-10-12-30/h1,8-12,14-17,20-23,27-29,39-40,42-43H,13,18-19,24-26H2,2-6H3,(H,51,53)(H,52,54)(H,55,61)(H,56,62)/t27?,28-,29-,39-,40-,42-,43+/m0/s1. The SMILES string of the molecule is C#CC(C)[C@H](NC(=O)OC)C(=O)N1[C@@H](C)CC[C@H]1c1nc2c(ccc3cc4c(cc32)OCc2cc(-c3cnc([C@@H]5C[C@H](COC)CN5C(=O)[C@H](NC(=O)OC)c5ccccc5)[nH]3)ccc2-4)[nH]1. The molecule has 9 rings (SSSR count). The van der Waals surface area contributed by atoms with Crippen LogP contribution in [0.1, 0.15) is 74.0 Å². The van der Waals surface area contributed by atoms with Crippen molar-refractivity contribution in [3.8, 4) is 40.5 Å². The Hall–Kier alpha value is -7.38. The molecule has 4 aromatic carbocycles. The number of fused-ring (bicyclic) bond motifs is 6. The molecular weight excluding hydrogens is 841 g/mol. The third kappa shape index (κ3) is 8.15. The number of nitrogens with one attached hydrogen (secondary N) is 4. The molecule has 0 spiro atoms. The van der Waals surface area contributed by atoms with Gasteiger partial charge in [-0.1, -0.05) is 48.5 Å². The normalized spacial score (nSPS) is 20.1. The van der Waals surface area contributed by atoms with E-state index < -0.39 is 30.2 Å². The maximum atomic E-state index is 14.3. The van der Waals surface area contributed by atoms with Gasteiger partial charge in [-0.25, -0.2) is 19.6 Å². The van der Waals surface area contributed by atoms with Crippen LogP contribution in [0.4, 0.5) is 9.59 Å². The largest absolute Gasteiger partial charge is 0.488 e. The molecule has 340 valence electrons. The lowest BCUT2D eigenvalue weighted by atomic mass is 9.92. The second-order valence-electron chi connectivity index (χ2n) is 17.3. The highest BCUT2D eigenvalue weighted by Crippen LogP contribution is 2.44. The molecular formula is C50H52N8O8. The number of aromatic nitrogens is 4. The van der Waals surface area contributed by atoms with Crippen LogP contribution in [-0.2, 0) is 30.4 Å². The Kier molecular flexibility index (Phi) is 12.1. The number of terminal acetylenes is 1. The number of hydrogen-bond donors (Lipinski definition) is 4. The minimum absolute atomic E-state index is 0.0623. The molecule has 2 fully saturated rings. The molecule has 0 bridgehead atoms. The predicted molar refractivity (Wildman–Crippen MR) is 246 cm³/mol. The smallest absolute Gasteiger partial charge is 0.407 e. The Morgan fingerprint density at radius 1 is 0.909 bits per heavy atom. The van der Waals surface area contributed by atoms with E-state index >= 15 is 0 Å². The van der Waals surface area contributed by atoms with Crippen LogP contribution in [0, 0.1) is 24.2 Å². The van der Waals surface area contributed by atoms with Gasteiger partial charge in [-0.3, -0.25) is 9.59 Å². The van der Waals surface area contributed by atoms with Crippen molar-refractivity contribution < 1.29 is 38.1 Å². The van der Waals surface area contributed by atoms with Crippen molar-refractivity contribution >= 4 is 45.8 Å². The van der Waals surface area contributed by atoms with Crippen LogP contribution < -0.4 is 15.4 Å². The van der Waals surface area contributed by atoms with Crippen molar-refractivity contribution in [2.24, 2.45) is 11.8 Å². The summed E-state index contributed by atoms with van der Waals surface area (Å²) in [5.74, 6) is 3.59. The van der Waals surface area contributed by atoms with Gasteiger partial charge >= 0.3 is 12.2 Å². The summed E-state index contributed by atoms with van der Waals surface area (Å²) >= 11 is 0. The Bertz CT molecular complexity index is 2870. The molecule has 5 heterocycles. The van der Waals surface area contributed by atoms with E-state index in [9.17, 15) is 19.2 Å². The lowest BCUT2D eigenvalue weighted by Gasteiger charge is -2.32. The molecule has 3 aliphatic rings. The number of carbonyl (C=O) groups excluding carboxylic acids is 4. The first-order valence-electron chi connectivity index (χ1n) is 22.1. The minimum atomic E-state index is -0.956. The number of methoxy groups -OCH3 is 3.